The van der Waals surface area contributed by atoms with Crippen LogP contribution in [0, 0.1) is 12.0 Å². The predicted octanol–water partition coefficient (Wildman–Crippen LogP) is 3.32. The van der Waals surface area contributed by atoms with E-state index in [1.165, 1.54) is 5.56 Å². The molecule has 0 atom stereocenters. The molecule has 1 aromatic carbocycles. The van der Waals surface area contributed by atoms with E-state index < -0.39 is 0 Å². The normalized spacial score (nSPS) is 26.7. The van der Waals surface area contributed by atoms with Crippen LogP contribution >= 0.6 is 0 Å². The quantitative estimate of drug-likeness (QED) is 0.805. The molecule has 1 heteroatoms. The summed E-state index contributed by atoms with van der Waals surface area (Å²) in [7, 11) is 0. The molecular formula is C15H21O. The Labute approximate surface area is 98.5 Å². The summed E-state index contributed by atoms with van der Waals surface area (Å²) in [5.74, 6) is 0.693. The molecule has 1 aliphatic rings. The summed E-state index contributed by atoms with van der Waals surface area (Å²) in [5.41, 5.74) is 1.61. The van der Waals surface area contributed by atoms with Gasteiger partial charge in [-0.1, -0.05) is 38.1 Å². The van der Waals surface area contributed by atoms with Gasteiger partial charge in [0.25, 0.3) is 0 Å². The van der Waals surface area contributed by atoms with Crippen molar-refractivity contribution in [1.29, 1.82) is 0 Å². The summed E-state index contributed by atoms with van der Waals surface area (Å²) in [5, 5.41) is 9.56. The van der Waals surface area contributed by atoms with Crippen LogP contribution in [-0.2, 0) is 5.41 Å². The van der Waals surface area contributed by atoms with Crippen LogP contribution in [-0.4, -0.2) is 11.2 Å². The Bertz CT molecular complexity index is 321. The third-order valence-electron chi connectivity index (χ3n) is 4.18. The largest absolute Gasteiger partial charge is 0.393 e. The molecule has 0 saturated heterocycles. The van der Waals surface area contributed by atoms with Gasteiger partial charge < -0.3 is 5.11 Å². The third-order valence-corrected chi connectivity index (χ3v) is 4.18. The van der Waals surface area contributed by atoms with Crippen LogP contribution in [0.4, 0.5) is 0 Å². The molecule has 0 unspecified atom stereocenters. The van der Waals surface area contributed by atoms with Crippen LogP contribution in [0.15, 0.2) is 24.3 Å². The van der Waals surface area contributed by atoms with Crippen molar-refractivity contribution >= 4 is 0 Å². The van der Waals surface area contributed by atoms with Gasteiger partial charge in [0, 0.05) is 0 Å². The zero-order chi connectivity index (χ0) is 11.6. The lowest BCUT2D eigenvalue weighted by molar-refractivity contribution is 0.0881. The first kappa shape index (κ1) is 11.7. The molecule has 16 heavy (non-hydrogen) atoms. The van der Waals surface area contributed by atoms with E-state index in [-0.39, 0.29) is 11.5 Å². The Kier molecular flexibility index (Phi) is 3.34. The number of aliphatic hydroxyl groups excluding tert-OH is 1. The van der Waals surface area contributed by atoms with Gasteiger partial charge in [-0.15, -0.1) is 0 Å². The number of hydrogen-bond acceptors (Lipinski definition) is 1. The van der Waals surface area contributed by atoms with Gasteiger partial charge in [0.2, 0.25) is 0 Å². The lowest BCUT2D eigenvalue weighted by Crippen LogP contribution is -2.33. The maximum absolute atomic E-state index is 9.56. The second-order valence-electron chi connectivity index (χ2n) is 5.52. The van der Waals surface area contributed by atoms with Gasteiger partial charge in [0.1, 0.15) is 0 Å². The molecule has 0 heterocycles. The molecule has 1 aliphatic carbocycles. The minimum Gasteiger partial charge on any atom is -0.393 e. The molecule has 2 rings (SSSR count). The second kappa shape index (κ2) is 4.58. The first-order valence-corrected chi connectivity index (χ1v) is 6.25. The summed E-state index contributed by atoms with van der Waals surface area (Å²) in [4.78, 5) is 0. The molecule has 1 saturated carbocycles. The fourth-order valence-corrected chi connectivity index (χ4v) is 2.85. The van der Waals surface area contributed by atoms with Crippen LogP contribution in [0.5, 0.6) is 0 Å². The highest BCUT2D eigenvalue weighted by Crippen LogP contribution is 2.40. The highest BCUT2D eigenvalue weighted by molar-refractivity contribution is 5.24. The zero-order valence-corrected chi connectivity index (χ0v) is 10.2. The van der Waals surface area contributed by atoms with Crippen molar-refractivity contribution < 1.29 is 5.11 Å². The summed E-state index contributed by atoms with van der Waals surface area (Å²) in [6.45, 7) is 4.65. The van der Waals surface area contributed by atoms with Crippen molar-refractivity contribution in [3.8, 4) is 0 Å². The second-order valence-corrected chi connectivity index (χ2v) is 5.52. The highest BCUT2D eigenvalue weighted by Gasteiger charge is 2.33. The molecule has 1 fully saturated rings. The van der Waals surface area contributed by atoms with Crippen molar-refractivity contribution in [2.75, 3.05) is 0 Å². The van der Waals surface area contributed by atoms with Gasteiger partial charge in [-0.05, 0) is 48.6 Å². The summed E-state index contributed by atoms with van der Waals surface area (Å²) >= 11 is 0. The van der Waals surface area contributed by atoms with E-state index in [1.807, 2.05) is 12.1 Å². The van der Waals surface area contributed by atoms with Crippen molar-refractivity contribution in [3.05, 3.63) is 35.9 Å². The van der Waals surface area contributed by atoms with Crippen LogP contribution < -0.4 is 0 Å². The van der Waals surface area contributed by atoms with E-state index in [1.54, 1.807) is 0 Å². The summed E-state index contributed by atoms with van der Waals surface area (Å²) in [6.07, 6.45) is 4.16. The number of hydrogen-bond donors (Lipinski definition) is 1. The van der Waals surface area contributed by atoms with Gasteiger partial charge in [0.05, 0.1) is 6.10 Å². The van der Waals surface area contributed by atoms with Gasteiger partial charge in [-0.3, -0.25) is 0 Å². The minimum absolute atomic E-state index is 0.0591. The van der Waals surface area contributed by atoms with E-state index in [0.29, 0.717) is 5.92 Å². The molecule has 1 N–H and O–H groups in total. The Morgan fingerprint density at radius 1 is 1.12 bits per heavy atom. The molecule has 0 bridgehead atoms. The standard InChI is InChI=1S/C15H21O/c1-15(2,12-6-4-3-5-7-12)13-8-10-14(16)11-9-13/h4-7,13-14,16H,8-11H2,1-2H3. The average Bonchev–Trinajstić information content (AvgIpc) is 2.31. The maximum Gasteiger partial charge on any atom is 0.0540 e. The first-order chi connectivity index (χ1) is 7.60. The molecule has 1 nitrogen and oxygen atoms in total. The monoisotopic (exact) mass is 217 g/mol. The lowest BCUT2D eigenvalue weighted by Gasteiger charge is -2.38. The highest BCUT2D eigenvalue weighted by atomic mass is 16.3. The molecule has 0 aromatic heterocycles. The number of rotatable bonds is 2. The Hall–Kier alpha value is -0.820. The van der Waals surface area contributed by atoms with Crippen LogP contribution in [0.1, 0.15) is 45.1 Å². The smallest absolute Gasteiger partial charge is 0.0540 e. The van der Waals surface area contributed by atoms with Crippen molar-refractivity contribution in [1.82, 2.24) is 0 Å². The van der Waals surface area contributed by atoms with Gasteiger partial charge in [-0.25, -0.2) is 0 Å². The van der Waals surface area contributed by atoms with Crippen molar-refractivity contribution in [2.24, 2.45) is 5.92 Å². The maximum atomic E-state index is 9.56. The average molecular weight is 217 g/mol. The van der Waals surface area contributed by atoms with E-state index in [0.717, 1.165) is 25.7 Å². The van der Waals surface area contributed by atoms with E-state index >= 15 is 0 Å². The summed E-state index contributed by atoms with van der Waals surface area (Å²) < 4.78 is 0. The molecular weight excluding hydrogens is 196 g/mol. The zero-order valence-electron chi connectivity index (χ0n) is 10.2. The minimum atomic E-state index is -0.0591. The number of aliphatic hydroxyl groups is 1. The molecule has 0 aliphatic heterocycles. The van der Waals surface area contributed by atoms with Crippen LogP contribution in [0.2, 0.25) is 0 Å². The topological polar surface area (TPSA) is 20.2 Å². The predicted molar refractivity (Wildman–Crippen MR) is 66.3 cm³/mol. The fraction of sp³-hybridized carbons (Fsp3) is 0.600. The molecule has 87 valence electrons. The van der Waals surface area contributed by atoms with Crippen LogP contribution in [0.3, 0.4) is 0 Å². The SMILES string of the molecule is CC(C)(c1cc[c]cc1)C1CCC(O)CC1. The van der Waals surface area contributed by atoms with E-state index in [9.17, 15) is 5.11 Å². The van der Waals surface area contributed by atoms with E-state index in [2.05, 4.69) is 32.0 Å². The molecule has 0 spiro atoms. The Morgan fingerprint density at radius 2 is 1.69 bits per heavy atom. The van der Waals surface area contributed by atoms with Crippen molar-refractivity contribution in [2.45, 2.75) is 51.0 Å². The molecule has 1 radical (unpaired) electrons. The fourth-order valence-electron chi connectivity index (χ4n) is 2.85. The van der Waals surface area contributed by atoms with Gasteiger partial charge in [0.15, 0.2) is 0 Å². The van der Waals surface area contributed by atoms with Crippen molar-refractivity contribution in [3.63, 3.8) is 0 Å². The first-order valence-electron chi connectivity index (χ1n) is 6.25. The molecule has 0 amide bonds. The van der Waals surface area contributed by atoms with Gasteiger partial charge in [-0.2, -0.15) is 0 Å². The van der Waals surface area contributed by atoms with E-state index in [4.69, 9.17) is 0 Å². The Balaban J connectivity index is 2.13. The lowest BCUT2D eigenvalue weighted by atomic mass is 9.67. The van der Waals surface area contributed by atoms with Gasteiger partial charge >= 0.3 is 0 Å². The Morgan fingerprint density at radius 3 is 2.25 bits per heavy atom. The summed E-state index contributed by atoms with van der Waals surface area (Å²) in [6, 6.07) is 11.4. The number of benzene rings is 1. The third kappa shape index (κ3) is 2.30. The molecule has 1 aromatic rings. The van der Waals surface area contributed by atoms with Crippen LogP contribution in [0.25, 0.3) is 0 Å².